The first kappa shape index (κ1) is 19.7. The van der Waals surface area contributed by atoms with E-state index in [0.717, 1.165) is 37.8 Å². The predicted molar refractivity (Wildman–Crippen MR) is 108 cm³/mol. The summed E-state index contributed by atoms with van der Waals surface area (Å²) in [6.45, 7) is 5.57. The van der Waals surface area contributed by atoms with Gasteiger partial charge in [-0.05, 0) is 31.2 Å². The van der Waals surface area contributed by atoms with Crippen LogP contribution in [-0.4, -0.2) is 55.0 Å². The fourth-order valence-corrected chi connectivity index (χ4v) is 3.14. The highest BCUT2D eigenvalue weighted by molar-refractivity contribution is 14.0. The van der Waals surface area contributed by atoms with Gasteiger partial charge >= 0.3 is 0 Å². The third-order valence-electron chi connectivity index (χ3n) is 4.38. The lowest BCUT2D eigenvalue weighted by molar-refractivity contribution is 0.459. The Kier molecular flexibility index (Phi) is 7.21. The summed E-state index contributed by atoms with van der Waals surface area (Å²) in [5, 5.41) is 11.8. The minimum atomic E-state index is 0. The topological polar surface area (TPSA) is 76.2 Å². The third-order valence-corrected chi connectivity index (χ3v) is 4.38. The second-order valence-electron chi connectivity index (χ2n) is 6.30. The highest BCUT2D eigenvalue weighted by atomic mass is 127. The highest BCUT2D eigenvalue weighted by Gasteiger charge is 2.25. The normalized spacial score (nSPS) is 17.6. The van der Waals surface area contributed by atoms with Crippen LogP contribution in [0.4, 0.5) is 0 Å². The van der Waals surface area contributed by atoms with Crippen LogP contribution in [0.25, 0.3) is 0 Å². The first-order valence-electron chi connectivity index (χ1n) is 8.49. The van der Waals surface area contributed by atoms with Gasteiger partial charge in [-0.1, -0.05) is 0 Å². The van der Waals surface area contributed by atoms with Crippen LogP contribution in [0.1, 0.15) is 24.7 Å². The van der Waals surface area contributed by atoms with Crippen LogP contribution in [0.5, 0.6) is 0 Å². The minimum Gasteiger partial charge on any atom is -0.357 e. The molecule has 1 aliphatic heterocycles. The standard InChI is InChI=1S/C16H26N8.HI/c1-4-17-16(18-9-15-19-12-21-23(15)3)24-6-5-13(11-24)7-14-8-20-22(2)10-14;/h8,10,12-13H,4-7,9,11H2,1-3H3,(H,17,18);1H. The summed E-state index contributed by atoms with van der Waals surface area (Å²) in [4.78, 5) is 11.3. The van der Waals surface area contributed by atoms with E-state index >= 15 is 0 Å². The summed E-state index contributed by atoms with van der Waals surface area (Å²) in [5.41, 5.74) is 1.31. The van der Waals surface area contributed by atoms with Crippen LogP contribution in [0, 0.1) is 5.92 Å². The van der Waals surface area contributed by atoms with E-state index in [2.05, 4.69) is 38.5 Å². The summed E-state index contributed by atoms with van der Waals surface area (Å²) in [7, 11) is 3.86. The van der Waals surface area contributed by atoms with Gasteiger partial charge in [-0.2, -0.15) is 10.2 Å². The van der Waals surface area contributed by atoms with Crippen molar-refractivity contribution in [2.45, 2.75) is 26.3 Å². The van der Waals surface area contributed by atoms with Crippen LogP contribution >= 0.6 is 24.0 Å². The molecule has 8 nitrogen and oxygen atoms in total. The maximum absolute atomic E-state index is 4.74. The molecule has 1 fully saturated rings. The molecule has 0 spiro atoms. The Morgan fingerprint density at radius 3 is 2.84 bits per heavy atom. The lowest BCUT2D eigenvalue weighted by atomic mass is 10.0. The Hall–Kier alpha value is -1.65. The maximum atomic E-state index is 4.74. The van der Waals surface area contributed by atoms with Gasteiger partial charge in [0, 0.05) is 39.9 Å². The summed E-state index contributed by atoms with van der Waals surface area (Å²) >= 11 is 0. The molecule has 3 rings (SSSR count). The van der Waals surface area contributed by atoms with E-state index in [1.54, 1.807) is 11.0 Å². The molecule has 2 aromatic rings. The minimum absolute atomic E-state index is 0. The smallest absolute Gasteiger partial charge is 0.194 e. The van der Waals surface area contributed by atoms with Crippen molar-refractivity contribution in [3.63, 3.8) is 0 Å². The van der Waals surface area contributed by atoms with E-state index < -0.39 is 0 Å². The zero-order valence-electron chi connectivity index (χ0n) is 15.1. The highest BCUT2D eigenvalue weighted by Crippen LogP contribution is 2.20. The van der Waals surface area contributed by atoms with Crippen LogP contribution in [0.15, 0.2) is 23.7 Å². The molecule has 0 bridgehead atoms. The van der Waals surface area contributed by atoms with Crippen molar-refractivity contribution in [2.75, 3.05) is 19.6 Å². The second kappa shape index (κ2) is 9.16. The third kappa shape index (κ3) is 5.16. The Morgan fingerprint density at radius 1 is 1.36 bits per heavy atom. The average molecular weight is 458 g/mol. The van der Waals surface area contributed by atoms with Crippen LogP contribution < -0.4 is 5.32 Å². The Labute approximate surface area is 165 Å². The van der Waals surface area contributed by atoms with E-state index in [1.165, 1.54) is 12.0 Å². The molecule has 1 N–H and O–H groups in total. The SMILES string of the molecule is CCNC(=NCc1ncnn1C)N1CCC(Cc2cnn(C)c2)C1.I. The van der Waals surface area contributed by atoms with E-state index in [9.17, 15) is 0 Å². The van der Waals surface area contributed by atoms with Crippen molar-refractivity contribution < 1.29 is 0 Å². The number of aliphatic imine (C=N–C) groups is 1. The molecule has 25 heavy (non-hydrogen) atoms. The summed E-state index contributed by atoms with van der Waals surface area (Å²) in [5.74, 6) is 2.48. The first-order chi connectivity index (χ1) is 11.7. The summed E-state index contributed by atoms with van der Waals surface area (Å²) < 4.78 is 3.64. The number of nitrogens with one attached hydrogen (secondary N) is 1. The van der Waals surface area contributed by atoms with Gasteiger partial charge in [0.1, 0.15) is 18.7 Å². The van der Waals surface area contributed by atoms with Crippen LogP contribution in [0.2, 0.25) is 0 Å². The number of hydrogen-bond acceptors (Lipinski definition) is 4. The summed E-state index contributed by atoms with van der Waals surface area (Å²) in [6, 6.07) is 0. The fraction of sp³-hybridized carbons (Fsp3) is 0.625. The molecule has 1 unspecified atom stereocenters. The monoisotopic (exact) mass is 458 g/mol. The first-order valence-corrected chi connectivity index (χ1v) is 8.49. The fourth-order valence-electron chi connectivity index (χ4n) is 3.14. The average Bonchev–Trinajstić information content (AvgIpc) is 3.27. The van der Waals surface area contributed by atoms with Crippen molar-refractivity contribution in [3.05, 3.63) is 30.1 Å². The van der Waals surface area contributed by atoms with Gasteiger partial charge in [0.05, 0.1) is 6.20 Å². The molecule has 0 aliphatic carbocycles. The van der Waals surface area contributed by atoms with Gasteiger partial charge in [-0.15, -0.1) is 24.0 Å². The molecular weight excluding hydrogens is 431 g/mol. The number of aryl methyl sites for hydroxylation is 2. The lowest BCUT2D eigenvalue weighted by Gasteiger charge is -2.21. The number of aromatic nitrogens is 5. The van der Waals surface area contributed by atoms with Crippen molar-refractivity contribution in [3.8, 4) is 0 Å². The van der Waals surface area contributed by atoms with Gasteiger partial charge in [-0.25, -0.2) is 9.98 Å². The summed E-state index contributed by atoms with van der Waals surface area (Å²) in [6.07, 6.45) is 7.90. The molecule has 138 valence electrons. The molecule has 0 saturated carbocycles. The number of guanidine groups is 1. The number of hydrogen-bond donors (Lipinski definition) is 1. The number of nitrogens with zero attached hydrogens (tertiary/aromatic N) is 7. The molecule has 3 heterocycles. The van der Waals surface area contributed by atoms with Gasteiger partial charge in [0.25, 0.3) is 0 Å². The predicted octanol–water partition coefficient (Wildman–Crippen LogP) is 1.20. The Bertz CT molecular complexity index is 692. The van der Waals surface area contributed by atoms with Gasteiger partial charge in [-0.3, -0.25) is 9.36 Å². The molecule has 2 aromatic heterocycles. The van der Waals surface area contributed by atoms with Crippen molar-refractivity contribution in [2.24, 2.45) is 25.0 Å². The molecule has 9 heteroatoms. The molecule has 0 radical (unpaired) electrons. The molecular formula is C16H27IN8. The van der Waals surface area contributed by atoms with E-state index in [1.807, 2.05) is 25.0 Å². The lowest BCUT2D eigenvalue weighted by Crippen LogP contribution is -2.40. The molecule has 0 aromatic carbocycles. The van der Waals surface area contributed by atoms with Gasteiger partial charge in [0.15, 0.2) is 5.96 Å². The van der Waals surface area contributed by atoms with E-state index in [0.29, 0.717) is 12.5 Å². The zero-order chi connectivity index (χ0) is 16.9. The molecule has 0 amide bonds. The van der Waals surface area contributed by atoms with E-state index in [4.69, 9.17) is 4.99 Å². The van der Waals surface area contributed by atoms with Crippen molar-refractivity contribution >= 4 is 29.9 Å². The Balaban J connectivity index is 0.00000225. The Morgan fingerprint density at radius 2 is 2.20 bits per heavy atom. The molecule has 1 saturated heterocycles. The van der Waals surface area contributed by atoms with E-state index in [-0.39, 0.29) is 24.0 Å². The maximum Gasteiger partial charge on any atom is 0.194 e. The van der Waals surface area contributed by atoms with Crippen molar-refractivity contribution in [1.29, 1.82) is 0 Å². The van der Waals surface area contributed by atoms with Gasteiger partial charge in [0.2, 0.25) is 0 Å². The number of rotatable bonds is 5. The zero-order valence-corrected chi connectivity index (χ0v) is 17.4. The van der Waals surface area contributed by atoms with Gasteiger partial charge < -0.3 is 10.2 Å². The molecule has 1 aliphatic rings. The quantitative estimate of drug-likeness (QED) is 0.414. The number of likely N-dealkylation sites (tertiary alicyclic amines) is 1. The second-order valence-corrected chi connectivity index (χ2v) is 6.30. The van der Waals surface area contributed by atoms with Crippen molar-refractivity contribution in [1.82, 2.24) is 34.8 Å². The molecule has 1 atom stereocenters. The van der Waals surface area contributed by atoms with Crippen LogP contribution in [-0.2, 0) is 27.1 Å². The van der Waals surface area contributed by atoms with Crippen LogP contribution in [0.3, 0.4) is 0 Å². The largest absolute Gasteiger partial charge is 0.357 e. The number of halogens is 1.